The molecule has 0 saturated carbocycles. The van der Waals surface area contributed by atoms with E-state index in [1.54, 1.807) is 0 Å². The van der Waals surface area contributed by atoms with E-state index in [9.17, 15) is 13.2 Å². The van der Waals surface area contributed by atoms with E-state index in [0.717, 1.165) is 12.8 Å². The topological polar surface area (TPSA) is 107 Å². The zero-order chi connectivity index (χ0) is 18.3. The highest BCUT2D eigenvalue weighted by molar-refractivity contribution is 7.90. The summed E-state index contributed by atoms with van der Waals surface area (Å²) in [4.78, 5) is 22.7. The summed E-state index contributed by atoms with van der Waals surface area (Å²) < 4.78 is 31.5. The minimum Gasteiger partial charge on any atom is -0.368 e. The van der Waals surface area contributed by atoms with E-state index in [1.165, 1.54) is 23.3 Å². The second-order valence-electron chi connectivity index (χ2n) is 6.85. The first-order valence-corrected chi connectivity index (χ1v) is 10.6. The Morgan fingerprint density at radius 1 is 1.23 bits per heavy atom. The first-order chi connectivity index (χ1) is 12.4. The number of ether oxygens (including phenoxy) is 1. The number of carbonyl (C=O) groups excluding carboxylic acids is 1. The van der Waals surface area contributed by atoms with Crippen molar-refractivity contribution in [2.45, 2.75) is 42.6 Å². The second-order valence-corrected chi connectivity index (χ2v) is 8.84. The minimum absolute atomic E-state index is 0.0273. The fraction of sp³-hybridized carbons (Fsp3) is 0.625. The van der Waals surface area contributed by atoms with Gasteiger partial charge in [0.05, 0.1) is 11.9 Å². The maximum Gasteiger partial charge on any atom is 0.252 e. The number of piperidine rings is 1. The quantitative estimate of drug-likeness (QED) is 0.760. The van der Waals surface area contributed by atoms with Crippen molar-refractivity contribution in [1.82, 2.24) is 24.5 Å². The molecular weight excluding hydrogens is 358 g/mol. The molecule has 0 aliphatic carbocycles. The normalized spacial score (nSPS) is 22.2. The molecule has 2 aliphatic rings. The Labute approximate surface area is 151 Å². The molecule has 0 bridgehead atoms. The molecule has 4 heterocycles. The van der Waals surface area contributed by atoms with Crippen LogP contribution in [0.2, 0.25) is 0 Å². The van der Waals surface area contributed by atoms with Crippen molar-refractivity contribution >= 4 is 21.5 Å². The lowest BCUT2D eigenvalue weighted by Crippen LogP contribution is -2.43. The van der Waals surface area contributed by atoms with E-state index in [2.05, 4.69) is 15.1 Å². The summed E-state index contributed by atoms with van der Waals surface area (Å²) in [6, 6.07) is 0. The first kappa shape index (κ1) is 17.3. The van der Waals surface area contributed by atoms with Crippen molar-refractivity contribution in [3.05, 3.63) is 18.2 Å². The molecule has 9 nitrogen and oxygen atoms in total. The molecule has 1 amide bonds. The highest BCUT2D eigenvalue weighted by Gasteiger charge is 2.33. The number of sulfone groups is 1. The lowest BCUT2D eigenvalue weighted by Gasteiger charge is -2.33. The maximum absolute atomic E-state index is 12.5. The lowest BCUT2D eigenvalue weighted by molar-refractivity contribution is -0.142. The van der Waals surface area contributed by atoms with Gasteiger partial charge < -0.3 is 9.64 Å². The van der Waals surface area contributed by atoms with Crippen LogP contribution < -0.4 is 0 Å². The Balaban J connectivity index is 1.59. The fourth-order valence-corrected chi connectivity index (χ4v) is 4.67. The predicted molar refractivity (Wildman–Crippen MR) is 91.4 cm³/mol. The van der Waals surface area contributed by atoms with Crippen LogP contribution in [0.4, 0.5) is 0 Å². The van der Waals surface area contributed by atoms with Crippen LogP contribution in [-0.2, 0) is 19.4 Å². The summed E-state index contributed by atoms with van der Waals surface area (Å²) in [5.74, 6) is 0.399. The number of fused-ring (bicyclic) bond motifs is 1. The molecule has 2 aromatic rings. The van der Waals surface area contributed by atoms with Crippen LogP contribution in [0.15, 0.2) is 17.4 Å². The Kier molecular flexibility index (Phi) is 4.39. The number of rotatable bonds is 3. The fourth-order valence-electron chi connectivity index (χ4n) is 3.79. The molecule has 0 aromatic carbocycles. The molecule has 0 unspecified atom stereocenters. The zero-order valence-corrected chi connectivity index (χ0v) is 15.4. The van der Waals surface area contributed by atoms with Crippen LogP contribution in [0.3, 0.4) is 0 Å². The van der Waals surface area contributed by atoms with Crippen molar-refractivity contribution in [2.24, 2.45) is 0 Å². The summed E-state index contributed by atoms with van der Waals surface area (Å²) in [7, 11) is -3.45. The van der Waals surface area contributed by atoms with Crippen molar-refractivity contribution in [2.75, 3.05) is 26.0 Å². The van der Waals surface area contributed by atoms with Gasteiger partial charge in [-0.2, -0.15) is 14.6 Å². The van der Waals surface area contributed by atoms with Crippen LogP contribution in [0.1, 0.15) is 37.3 Å². The molecule has 1 atom stereocenters. The largest absolute Gasteiger partial charge is 0.368 e. The van der Waals surface area contributed by atoms with Gasteiger partial charge >= 0.3 is 0 Å². The number of hydrogen-bond donors (Lipinski definition) is 0. The SMILES string of the molecule is CS(=O)(=O)c1cnc2ncnn2c1C1CCN(C(=O)[C@@H]2CCCO2)CC1. The van der Waals surface area contributed by atoms with E-state index in [1.807, 2.05) is 4.90 Å². The standard InChI is InChI=1S/C16H21N5O4S/c1-26(23,24)13-9-17-16-18-10-19-21(16)14(13)11-4-6-20(7-5-11)15(22)12-3-2-8-25-12/h9-12H,2-8H2,1H3/t12-/m0/s1. The summed E-state index contributed by atoms with van der Waals surface area (Å²) in [5, 5.41) is 4.16. The van der Waals surface area contributed by atoms with Gasteiger partial charge in [-0.3, -0.25) is 4.79 Å². The van der Waals surface area contributed by atoms with E-state index in [0.29, 0.717) is 44.0 Å². The molecule has 2 fully saturated rings. The molecule has 26 heavy (non-hydrogen) atoms. The van der Waals surface area contributed by atoms with Crippen molar-refractivity contribution in [3.63, 3.8) is 0 Å². The van der Waals surface area contributed by atoms with Crippen LogP contribution in [-0.4, -0.2) is 70.9 Å². The zero-order valence-electron chi connectivity index (χ0n) is 14.5. The summed E-state index contributed by atoms with van der Waals surface area (Å²) in [6.07, 6.45) is 6.62. The Morgan fingerprint density at radius 3 is 2.65 bits per heavy atom. The summed E-state index contributed by atoms with van der Waals surface area (Å²) >= 11 is 0. The number of amides is 1. The third-order valence-corrected chi connectivity index (χ3v) is 6.22. The first-order valence-electron chi connectivity index (χ1n) is 8.74. The van der Waals surface area contributed by atoms with E-state index in [4.69, 9.17) is 4.74 Å². The molecule has 0 spiro atoms. The number of hydrogen-bond acceptors (Lipinski definition) is 7. The van der Waals surface area contributed by atoms with Crippen LogP contribution in [0.5, 0.6) is 0 Å². The van der Waals surface area contributed by atoms with Gasteiger partial charge in [0.2, 0.25) is 0 Å². The number of aromatic nitrogens is 4. The van der Waals surface area contributed by atoms with Gasteiger partial charge in [0.1, 0.15) is 17.3 Å². The lowest BCUT2D eigenvalue weighted by atomic mass is 9.93. The smallest absolute Gasteiger partial charge is 0.252 e. The van der Waals surface area contributed by atoms with Gasteiger partial charge in [-0.05, 0) is 25.7 Å². The molecule has 4 rings (SSSR count). The van der Waals surface area contributed by atoms with Crippen LogP contribution in [0, 0.1) is 0 Å². The highest BCUT2D eigenvalue weighted by atomic mass is 32.2. The van der Waals surface area contributed by atoms with Crippen molar-refractivity contribution in [1.29, 1.82) is 0 Å². The average molecular weight is 379 g/mol. The Bertz CT molecular complexity index is 927. The second kappa shape index (κ2) is 6.58. The monoisotopic (exact) mass is 379 g/mol. The molecule has 2 aliphatic heterocycles. The number of likely N-dealkylation sites (tertiary alicyclic amines) is 1. The van der Waals surface area contributed by atoms with E-state index >= 15 is 0 Å². The Morgan fingerprint density at radius 2 is 2.00 bits per heavy atom. The van der Waals surface area contributed by atoms with Crippen molar-refractivity contribution < 1.29 is 17.9 Å². The van der Waals surface area contributed by atoms with Crippen LogP contribution >= 0.6 is 0 Å². The minimum atomic E-state index is -3.45. The predicted octanol–water partition coefficient (Wildman–Crippen LogP) is 0.413. The van der Waals surface area contributed by atoms with Gasteiger partial charge in [0.25, 0.3) is 11.7 Å². The third kappa shape index (κ3) is 3.07. The molecule has 2 saturated heterocycles. The van der Waals surface area contributed by atoms with Crippen molar-refractivity contribution in [3.8, 4) is 0 Å². The van der Waals surface area contributed by atoms with E-state index in [-0.39, 0.29) is 22.8 Å². The van der Waals surface area contributed by atoms with Gasteiger partial charge in [-0.1, -0.05) is 0 Å². The number of carbonyl (C=O) groups is 1. The molecule has 2 aromatic heterocycles. The van der Waals surface area contributed by atoms with Gasteiger partial charge in [0.15, 0.2) is 9.84 Å². The molecule has 140 valence electrons. The summed E-state index contributed by atoms with van der Waals surface area (Å²) in [5.41, 5.74) is 0.610. The molecule has 0 N–H and O–H groups in total. The average Bonchev–Trinajstić information content (AvgIpc) is 3.31. The van der Waals surface area contributed by atoms with Gasteiger partial charge in [-0.15, -0.1) is 0 Å². The maximum atomic E-state index is 12.5. The molecular formula is C16H21N5O4S. The van der Waals surface area contributed by atoms with E-state index < -0.39 is 9.84 Å². The van der Waals surface area contributed by atoms with Gasteiger partial charge in [-0.25, -0.2) is 13.4 Å². The Hall–Kier alpha value is -2.07. The molecule has 10 heteroatoms. The number of nitrogens with zero attached hydrogens (tertiary/aromatic N) is 5. The van der Waals surface area contributed by atoms with Crippen LogP contribution in [0.25, 0.3) is 5.78 Å². The third-order valence-electron chi connectivity index (χ3n) is 5.11. The summed E-state index contributed by atoms with van der Waals surface area (Å²) in [6.45, 7) is 1.79. The highest BCUT2D eigenvalue weighted by Crippen LogP contribution is 2.32. The molecule has 0 radical (unpaired) electrons. The van der Waals surface area contributed by atoms with Gasteiger partial charge in [0, 0.05) is 31.9 Å².